The molecule has 0 radical (unpaired) electrons. The van der Waals surface area contributed by atoms with Crippen molar-refractivity contribution in [2.24, 2.45) is 0 Å². The summed E-state index contributed by atoms with van der Waals surface area (Å²) in [6.07, 6.45) is -4.64. The van der Waals surface area contributed by atoms with Crippen molar-refractivity contribution in [1.29, 1.82) is 0 Å². The van der Waals surface area contributed by atoms with E-state index in [0.29, 0.717) is 18.9 Å². The lowest BCUT2D eigenvalue weighted by Gasteiger charge is -2.33. The minimum atomic E-state index is -4.64. The molecule has 1 aromatic carbocycles. The van der Waals surface area contributed by atoms with Crippen LogP contribution in [0.15, 0.2) is 36.4 Å². The van der Waals surface area contributed by atoms with E-state index in [-0.39, 0.29) is 29.9 Å². The van der Waals surface area contributed by atoms with Gasteiger partial charge in [0.2, 0.25) is 0 Å². The third-order valence-electron chi connectivity index (χ3n) is 4.28. The summed E-state index contributed by atoms with van der Waals surface area (Å²) in [7, 11) is 0. The molecule has 0 amide bonds. The number of benzene rings is 1. The molecule has 0 bridgehead atoms. The zero-order valence-corrected chi connectivity index (χ0v) is 16.6. The highest BCUT2D eigenvalue weighted by atomic mass is 79.9. The number of aromatic nitrogens is 2. The summed E-state index contributed by atoms with van der Waals surface area (Å²) in [5.74, 6) is -0.673. The fourth-order valence-corrected chi connectivity index (χ4v) is 3.08. The highest BCUT2D eigenvalue weighted by Crippen LogP contribution is 2.32. The molecule has 0 spiro atoms. The first-order valence-corrected chi connectivity index (χ1v) is 9.73. The van der Waals surface area contributed by atoms with E-state index < -0.39 is 23.3 Å². The van der Waals surface area contributed by atoms with Crippen LogP contribution in [0, 0.1) is 0 Å². The third kappa shape index (κ3) is 5.10. The van der Waals surface area contributed by atoms with Crippen LogP contribution in [-0.2, 0) is 11.0 Å². The molecule has 0 saturated carbocycles. The van der Waals surface area contributed by atoms with Crippen molar-refractivity contribution in [1.82, 2.24) is 15.3 Å². The van der Waals surface area contributed by atoms with Gasteiger partial charge in [-0.3, -0.25) is 4.79 Å². The highest BCUT2D eigenvalue weighted by Gasteiger charge is 2.36. The van der Waals surface area contributed by atoms with E-state index >= 15 is 0 Å². The normalized spacial score (nSPS) is 15.2. The van der Waals surface area contributed by atoms with Gasteiger partial charge in [0.15, 0.2) is 11.6 Å². The molecule has 154 valence electrons. The van der Waals surface area contributed by atoms with E-state index in [9.17, 15) is 22.8 Å². The van der Waals surface area contributed by atoms with E-state index in [4.69, 9.17) is 4.84 Å². The average Bonchev–Trinajstić information content (AvgIpc) is 2.73. The van der Waals surface area contributed by atoms with Crippen LogP contribution in [0.5, 0.6) is 0 Å². The lowest BCUT2D eigenvalue weighted by Crippen LogP contribution is -2.47. The topological polar surface area (TPSA) is 75.6 Å². The van der Waals surface area contributed by atoms with E-state index in [2.05, 4.69) is 26.1 Å². The Morgan fingerprint density at radius 1 is 1.03 bits per heavy atom. The number of piperazine rings is 1. The predicted octanol–water partition coefficient (Wildman–Crippen LogP) is 2.97. The molecule has 0 atom stereocenters. The molecule has 1 fully saturated rings. The number of rotatable bonds is 5. The van der Waals surface area contributed by atoms with Crippen molar-refractivity contribution < 1.29 is 27.6 Å². The van der Waals surface area contributed by atoms with Crippen LogP contribution in [0.25, 0.3) is 0 Å². The number of carbonyl (C=O) groups is 2. The van der Waals surface area contributed by atoms with Crippen molar-refractivity contribution in [3.63, 3.8) is 0 Å². The molecule has 2 aromatic rings. The Bertz CT molecular complexity index is 885. The fourth-order valence-electron chi connectivity index (χ4n) is 2.79. The molecule has 0 aliphatic carbocycles. The summed E-state index contributed by atoms with van der Waals surface area (Å²) in [6, 6.07) is 7.75. The van der Waals surface area contributed by atoms with Crippen LogP contribution < -0.4 is 4.90 Å². The number of alkyl halides is 4. The van der Waals surface area contributed by atoms with Crippen molar-refractivity contribution >= 4 is 33.5 Å². The number of hydrogen-bond donors (Lipinski definition) is 0. The van der Waals surface area contributed by atoms with Gasteiger partial charge in [-0.05, 0) is 24.3 Å². The van der Waals surface area contributed by atoms with Gasteiger partial charge in [0.25, 0.3) is 0 Å². The van der Waals surface area contributed by atoms with Gasteiger partial charge in [0.05, 0.1) is 29.5 Å². The summed E-state index contributed by atoms with van der Waals surface area (Å²) in [5, 5.41) is 9.39. The monoisotopic (exact) mass is 472 g/mol. The second kappa shape index (κ2) is 8.87. The minimum absolute atomic E-state index is 0.155. The van der Waals surface area contributed by atoms with Crippen LogP contribution in [-0.4, -0.2) is 58.5 Å². The van der Waals surface area contributed by atoms with E-state index in [1.54, 1.807) is 12.1 Å². The Kier molecular flexibility index (Phi) is 6.48. The first kappa shape index (κ1) is 21.2. The summed E-state index contributed by atoms with van der Waals surface area (Å²) >= 11 is 3.07. The smallest absolute Gasteiger partial charge is 0.364 e. The summed E-state index contributed by atoms with van der Waals surface area (Å²) in [4.78, 5) is 30.8. The largest absolute Gasteiger partial charge is 0.417 e. The third-order valence-corrected chi connectivity index (χ3v) is 4.79. The number of Topliss-reactive ketones (excluding diaryl/α,β-unsaturated/α-hetero) is 1. The molecule has 1 saturated heterocycles. The zero-order chi connectivity index (χ0) is 21.0. The molecule has 1 aromatic heterocycles. The minimum Gasteiger partial charge on any atom is -0.364 e. The average molecular weight is 473 g/mol. The molecule has 0 N–H and O–H groups in total. The lowest BCUT2D eigenvalue weighted by molar-refractivity contribution is -0.140. The Labute approximate surface area is 172 Å². The van der Waals surface area contributed by atoms with Crippen molar-refractivity contribution in [2.75, 3.05) is 36.4 Å². The summed E-state index contributed by atoms with van der Waals surface area (Å²) in [5.41, 5.74) is -1.31. The number of hydroxylamine groups is 2. The van der Waals surface area contributed by atoms with E-state index in [1.807, 2.05) is 4.90 Å². The number of anilines is 1. The highest BCUT2D eigenvalue weighted by molar-refractivity contribution is 9.09. The van der Waals surface area contributed by atoms with Gasteiger partial charge >= 0.3 is 12.1 Å². The molecular weight excluding hydrogens is 457 g/mol. The number of hydrogen-bond acceptors (Lipinski definition) is 7. The Morgan fingerprint density at radius 2 is 1.72 bits per heavy atom. The van der Waals surface area contributed by atoms with Gasteiger partial charge in [-0.15, -0.1) is 15.3 Å². The first-order chi connectivity index (χ1) is 13.8. The van der Waals surface area contributed by atoms with Crippen molar-refractivity contribution in [3.8, 4) is 0 Å². The van der Waals surface area contributed by atoms with Crippen LogP contribution in [0.3, 0.4) is 0 Å². The SMILES string of the molecule is O=C(CBr)c1ccc(N2CCN(OC(=O)c3ccccc3C(F)(F)F)CC2)nn1. The number of halogens is 4. The number of nitrogens with zero attached hydrogens (tertiary/aromatic N) is 4. The maximum atomic E-state index is 13.1. The maximum Gasteiger partial charge on any atom is 0.417 e. The van der Waals surface area contributed by atoms with Crippen molar-refractivity contribution in [3.05, 3.63) is 53.2 Å². The van der Waals surface area contributed by atoms with E-state index in [0.717, 1.165) is 12.1 Å². The number of ketones is 1. The molecule has 1 aliphatic heterocycles. The molecular formula is C18H16BrF3N4O3. The lowest BCUT2D eigenvalue weighted by atomic mass is 10.1. The van der Waals surface area contributed by atoms with Crippen LogP contribution in [0.4, 0.5) is 19.0 Å². The van der Waals surface area contributed by atoms with Gasteiger partial charge in [0.1, 0.15) is 5.69 Å². The van der Waals surface area contributed by atoms with Crippen LogP contribution in [0.1, 0.15) is 26.4 Å². The molecule has 0 unspecified atom stereocenters. The zero-order valence-electron chi connectivity index (χ0n) is 15.0. The maximum absolute atomic E-state index is 13.1. The quantitative estimate of drug-likeness (QED) is 0.489. The molecule has 11 heteroatoms. The first-order valence-electron chi connectivity index (χ1n) is 8.61. The Balaban J connectivity index is 1.59. The van der Waals surface area contributed by atoms with Crippen LogP contribution in [0.2, 0.25) is 0 Å². The number of carbonyl (C=O) groups excluding carboxylic acids is 2. The van der Waals surface area contributed by atoms with Gasteiger partial charge in [0, 0.05) is 13.1 Å². The van der Waals surface area contributed by atoms with Crippen LogP contribution >= 0.6 is 15.9 Å². The molecule has 1 aliphatic rings. The van der Waals surface area contributed by atoms with Gasteiger partial charge < -0.3 is 9.74 Å². The van der Waals surface area contributed by atoms with Gasteiger partial charge in [-0.1, -0.05) is 28.1 Å². The summed E-state index contributed by atoms with van der Waals surface area (Å²) < 4.78 is 39.2. The molecule has 3 rings (SSSR count). The standard InChI is InChI=1S/C18H16BrF3N4O3/c19-11-15(27)14-5-6-16(24-23-14)25-7-9-26(10-8-25)29-17(28)12-3-1-2-4-13(12)18(20,21)22/h1-6H,7-11H2. The Hall–Kier alpha value is -2.53. The second-order valence-electron chi connectivity index (χ2n) is 6.17. The van der Waals surface area contributed by atoms with E-state index in [1.165, 1.54) is 17.2 Å². The molecule has 29 heavy (non-hydrogen) atoms. The second-order valence-corrected chi connectivity index (χ2v) is 6.73. The van der Waals surface area contributed by atoms with Crippen molar-refractivity contribution in [2.45, 2.75) is 6.18 Å². The fraction of sp³-hybridized carbons (Fsp3) is 0.333. The molecule has 7 nitrogen and oxygen atoms in total. The van der Waals surface area contributed by atoms with Gasteiger partial charge in [-0.25, -0.2) is 4.79 Å². The Morgan fingerprint density at radius 3 is 2.31 bits per heavy atom. The predicted molar refractivity (Wildman–Crippen MR) is 101 cm³/mol. The van der Waals surface area contributed by atoms with Gasteiger partial charge in [-0.2, -0.15) is 13.2 Å². The summed E-state index contributed by atoms with van der Waals surface area (Å²) in [6.45, 7) is 1.41. The molecule has 2 heterocycles.